The maximum atomic E-state index is 13.4. The molecule has 0 saturated carbocycles. The summed E-state index contributed by atoms with van der Waals surface area (Å²) in [6.45, 7) is 0.139. The first-order chi connectivity index (χ1) is 7.61. The Hall–Kier alpha value is -0.980. The van der Waals surface area contributed by atoms with Crippen LogP contribution in [0.5, 0.6) is 0 Å². The number of nitrogens with zero attached hydrogens (tertiary/aromatic N) is 2. The van der Waals surface area contributed by atoms with Crippen molar-refractivity contribution in [3.05, 3.63) is 33.3 Å². The molecule has 84 valence electrons. The van der Waals surface area contributed by atoms with Crippen molar-refractivity contribution in [2.75, 3.05) is 0 Å². The number of aromatic nitrogens is 2. The first-order valence-corrected chi connectivity index (χ1v) is 5.46. The number of nitrogens with two attached hydrogens (primary N) is 1. The quantitative estimate of drug-likeness (QED) is 0.867. The molecule has 0 aliphatic carbocycles. The van der Waals surface area contributed by atoms with Crippen LogP contribution in [0.3, 0.4) is 0 Å². The monoisotopic (exact) mass is 305 g/mol. The average molecular weight is 307 g/mol. The van der Waals surface area contributed by atoms with E-state index in [1.165, 1.54) is 6.07 Å². The molecule has 0 spiro atoms. The lowest BCUT2D eigenvalue weighted by atomic mass is 10.2. The fourth-order valence-corrected chi connectivity index (χ4v) is 1.58. The maximum absolute atomic E-state index is 13.4. The highest BCUT2D eigenvalue weighted by atomic mass is 79.9. The van der Waals surface area contributed by atoms with Crippen LogP contribution in [0.15, 0.2) is 21.1 Å². The molecule has 2 N–H and O–H groups in total. The van der Waals surface area contributed by atoms with Crippen LogP contribution in [-0.2, 0) is 6.54 Å². The molecular formula is C9H6BrClFN3O. The molecule has 0 amide bonds. The Morgan fingerprint density at radius 2 is 2.25 bits per heavy atom. The fourth-order valence-electron chi connectivity index (χ4n) is 1.14. The van der Waals surface area contributed by atoms with Gasteiger partial charge in [-0.3, -0.25) is 0 Å². The van der Waals surface area contributed by atoms with Gasteiger partial charge in [-0.2, -0.15) is 4.98 Å². The van der Waals surface area contributed by atoms with Gasteiger partial charge in [-0.1, -0.05) is 16.8 Å². The molecule has 0 aliphatic rings. The van der Waals surface area contributed by atoms with Gasteiger partial charge in [0.2, 0.25) is 11.7 Å². The number of benzene rings is 1. The van der Waals surface area contributed by atoms with E-state index in [2.05, 4.69) is 26.1 Å². The van der Waals surface area contributed by atoms with E-state index in [1.54, 1.807) is 6.07 Å². The molecule has 0 radical (unpaired) electrons. The Kier molecular flexibility index (Phi) is 3.22. The summed E-state index contributed by atoms with van der Waals surface area (Å²) in [7, 11) is 0. The largest absolute Gasteiger partial charge is 0.338 e. The van der Waals surface area contributed by atoms with Gasteiger partial charge >= 0.3 is 0 Å². The van der Waals surface area contributed by atoms with Crippen molar-refractivity contribution in [3.8, 4) is 11.4 Å². The third-order valence-corrected chi connectivity index (χ3v) is 3.22. The van der Waals surface area contributed by atoms with Crippen LogP contribution in [0, 0.1) is 5.82 Å². The van der Waals surface area contributed by atoms with Gasteiger partial charge in [0.15, 0.2) is 0 Å². The van der Waals surface area contributed by atoms with Gasteiger partial charge < -0.3 is 10.3 Å². The van der Waals surface area contributed by atoms with E-state index in [9.17, 15) is 4.39 Å². The number of hydrogen-bond donors (Lipinski definition) is 1. The van der Waals surface area contributed by atoms with Gasteiger partial charge in [-0.15, -0.1) is 0 Å². The zero-order chi connectivity index (χ0) is 11.7. The third-order valence-electron chi connectivity index (χ3n) is 1.88. The molecule has 0 unspecified atom stereocenters. The van der Waals surface area contributed by atoms with E-state index < -0.39 is 5.82 Å². The molecule has 1 heterocycles. The minimum Gasteiger partial charge on any atom is -0.338 e. The first kappa shape index (κ1) is 11.5. The summed E-state index contributed by atoms with van der Waals surface area (Å²) in [5.41, 5.74) is 5.76. The molecule has 7 heteroatoms. The Labute approximate surface area is 104 Å². The van der Waals surface area contributed by atoms with Crippen molar-refractivity contribution in [3.63, 3.8) is 0 Å². The summed E-state index contributed by atoms with van der Waals surface area (Å²) in [6, 6.07) is 2.81. The zero-order valence-corrected chi connectivity index (χ0v) is 10.2. The van der Waals surface area contributed by atoms with E-state index in [0.717, 1.165) is 0 Å². The van der Waals surface area contributed by atoms with Crippen molar-refractivity contribution in [1.29, 1.82) is 0 Å². The van der Waals surface area contributed by atoms with E-state index in [-0.39, 0.29) is 27.8 Å². The predicted molar refractivity (Wildman–Crippen MR) is 60.3 cm³/mol. The van der Waals surface area contributed by atoms with Crippen LogP contribution < -0.4 is 5.73 Å². The van der Waals surface area contributed by atoms with Crippen molar-refractivity contribution < 1.29 is 8.91 Å². The number of rotatable bonds is 2. The standard InChI is InChI=1S/C9H6BrClFN3O/c10-8-5(11)1-4(2-6(8)12)9-14-7(3-13)16-15-9/h1-2H,3,13H2. The minimum atomic E-state index is -0.485. The van der Waals surface area contributed by atoms with Crippen LogP contribution in [0.2, 0.25) is 5.02 Å². The number of halogens is 3. The normalized spacial score (nSPS) is 10.8. The highest BCUT2D eigenvalue weighted by Gasteiger charge is 2.12. The maximum Gasteiger partial charge on any atom is 0.240 e. The summed E-state index contributed by atoms with van der Waals surface area (Å²) >= 11 is 8.83. The van der Waals surface area contributed by atoms with Crippen LogP contribution in [0.25, 0.3) is 11.4 Å². The lowest BCUT2D eigenvalue weighted by molar-refractivity contribution is 0.380. The third kappa shape index (κ3) is 2.09. The smallest absolute Gasteiger partial charge is 0.240 e. The van der Waals surface area contributed by atoms with E-state index >= 15 is 0 Å². The van der Waals surface area contributed by atoms with E-state index in [4.69, 9.17) is 21.9 Å². The molecule has 0 aliphatic heterocycles. The highest BCUT2D eigenvalue weighted by molar-refractivity contribution is 9.10. The van der Waals surface area contributed by atoms with Crippen molar-refractivity contribution in [2.45, 2.75) is 6.54 Å². The number of hydrogen-bond acceptors (Lipinski definition) is 4. The Morgan fingerprint density at radius 1 is 1.50 bits per heavy atom. The molecule has 1 aromatic carbocycles. The molecular weight excluding hydrogens is 300 g/mol. The molecule has 4 nitrogen and oxygen atoms in total. The van der Waals surface area contributed by atoms with E-state index in [0.29, 0.717) is 5.56 Å². The summed E-state index contributed by atoms with van der Waals surface area (Å²) in [6.07, 6.45) is 0. The molecule has 2 rings (SSSR count). The SMILES string of the molecule is NCc1nc(-c2cc(F)c(Br)c(Cl)c2)no1. The van der Waals surface area contributed by atoms with Crippen molar-refractivity contribution in [1.82, 2.24) is 10.1 Å². The van der Waals surface area contributed by atoms with E-state index in [1.807, 2.05) is 0 Å². The topological polar surface area (TPSA) is 64.9 Å². The molecule has 0 saturated heterocycles. The Bertz CT molecular complexity index is 508. The van der Waals surface area contributed by atoms with Crippen molar-refractivity contribution in [2.24, 2.45) is 5.73 Å². The van der Waals surface area contributed by atoms with Gasteiger partial charge in [0.1, 0.15) is 5.82 Å². The van der Waals surface area contributed by atoms with Gasteiger partial charge in [0.25, 0.3) is 0 Å². The summed E-state index contributed by atoms with van der Waals surface area (Å²) in [4.78, 5) is 3.97. The second-order valence-electron chi connectivity index (χ2n) is 2.97. The average Bonchev–Trinajstić information content (AvgIpc) is 2.73. The Balaban J connectivity index is 2.48. The molecule has 0 atom stereocenters. The van der Waals surface area contributed by atoms with Crippen LogP contribution >= 0.6 is 27.5 Å². The van der Waals surface area contributed by atoms with Gasteiger partial charge in [-0.05, 0) is 28.1 Å². The van der Waals surface area contributed by atoms with Gasteiger partial charge in [0.05, 0.1) is 16.0 Å². The summed E-state index contributed by atoms with van der Waals surface area (Å²) < 4.78 is 18.4. The lowest BCUT2D eigenvalue weighted by Crippen LogP contribution is -1.95. The second-order valence-corrected chi connectivity index (χ2v) is 4.17. The van der Waals surface area contributed by atoms with Crippen LogP contribution in [0.1, 0.15) is 5.89 Å². The molecule has 1 aromatic heterocycles. The molecule has 0 bridgehead atoms. The molecule has 16 heavy (non-hydrogen) atoms. The Morgan fingerprint density at radius 3 is 2.81 bits per heavy atom. The van der Waals surface area contributed by atoms with Crippen LogP contribution in [0.4, 0.5) is 4.39 Å². The molecule has 0 fully saturated rings. The zero-order valence-electron chi connectivity index (χ0n) is 7.88. The molecule has 2 aromatic rings. The summed E-state index contributed by atoms with van der Waals surface area (Å²) in [5, 5.41) is 3.91. The fraction of sp³-hybridized carbons (Fsp3) is 0.111. The highest BCUT2D eigenvalue weighted by Crippen LogP contribution is 2.30. The lowest BCUT2D eigenvalue weighted by Gasteiger charge is -2.00. The predicted octanol–water partition coefficient (Wildman–Crippen LogP) is 2.75. The summed E-state index contributed by atoms with van der Waals surface area (Å²) in [5.74, 6) is 0.0600. The van der Waals surface area contributed by atoms with Gasteiger partial charge in [0, 0.05) is 5.56 Å². The minimum absolute atomic E-state index is 0.139. The second kappa shape index (κ2) is 4.48. The first-order valence-electron chi connectivity index (χ1n) is 4.29. The van der Waals surface area contributed by atoms with Crippen LogP contribution in [-0.4, -0.2) is 10.1 Å². The van der Waals surface area contributed by atoms with Crippen molar-refractivity contribution >= 4 is 27.5 Å². The van der Waals surface area contributed by atoms with Gasteiger partial charge in [-0.25, -0.2) is 4.39 Å².